The SMILES string of the molecule is CN(C)C(c1ccc2c(c1)CCO2)C(N)CO. The summed E-state index contributed by atoms with van der Waals surface area (Å²) < 4.78 is 5.49. The number of aliphatic hydroxyl groups excluding tert-OH is 1. The van der Waals surface area contributed by atoms with Crippen LogP contribution in [0, 0.1) is 0 Å². The molecule has 1 heterocycles. The van der Waals surface area contributed by atoms with Gasteiger partial charge in [-0.15, -0.1) is 0 Å². The Morgan fingerprint density at radius 1 is 1.47 bits per heavy atom. The summed E-state index contributed by atoms with van der Waals surface area (Å²) >= 11 is 0. The summed E-state index contributed by atoms with van der Waals surface area (Å²) in [6.45, 7) is 0.744. The van der Waals surface area contributed by atoms with Crippen molar-refractivity contribution in [2.75, 3.05) is 27.3 Å². The van der Waals surface area contributed by atoms with Crippen molar-refractivity contribution in [1.82, 2.24) is 4.90 Å². The maximum atomic E-state index is 9.23. The Morgan fingerprint density at radius 3 is 2.88 bits per heavy atom. The molecule has 17 heavy (non-hydrogen) atoms. The van der Waals surface area contributed by atoms with Crippen LogP contribution in [0.4, 0.5) is 0 Å². The first kappa shape index (κ1) is 12.4. The van der Waals surface area contributed by atoms with Crippen molar-refractivity contribution >= 4 is 0 Å². The molecule has 4 heteroatoms. The molecule has 0 aromatic heterocycles. The molecule has 4 nitrogen and oxygen atoms in total. The highest BCUT2D eigenvalue weighted by molar-refractivity contribution is 5.41. The molecule has 0 saturated heterocycles. The summed E-state index contributed by atoms with van der Waals surface area (Å²) in [4.78, 5) is 2.04. The normalized spacial score (nSPS) is 17.7. The monoisotopic (exact) mass is 236 g/mol. The Morgan fingerprint density at radius 2 is 2.24 bits per heavy atom. The lowest BCUT2D eigenvalue weighted by Gasteiger charge is -2.29. The van der Waals surface area contributed by atoms with Gasteiger partial charge in [0.15, 0.2) is 0 Å². The number of rotatable bonds is 4. The van der Waals surface area contributed by atoms with Gasteiger partial charge in [-0.1, -0.05) is 12.1 Å². The summed E-state index contributed by atoms with van der Waals surface area (Å²) in [6.07, 6.45) is 0.956. The number of benzene rings is 1. The lowest BCUT2D eigenvalue weighted by Crippen LogP contribution is -2.39. The third-order valence-electron chi connectivity index (χ3n) is 3.23. The predicted molar refractivity (Wildman–Crippen MR) is 67.1 cm³/mol. The average Bonchev–Trinajstić information content (AvgIpc) is 2.75. The number of aliphatic hydroxyl groups is 1. The van der Waals surface area contributed by atoms with Gasteiger partial charge in [0.05, 0.1) is 19.3 Å². The summed E-state index contributed by atoms with van der Waals surface area (Å²) in [7, 11) is 3.95. The maximum absolute atomic E-state index is 9.23. The summed E-state index contributed by atoms with van der Waals surface area (Å²) in [5, 5.41) is 9.23. The Balaban J connectivity index is 2.30. The third-order valence-corrected chi connectivity index (χ3v) is 3.23. The zero-order valence-corrected chi connectivity index (χ0v) is 10.4. The molecule has 0 amide bonds. The van der Waals surface area contributed by atoms with Crippen LogP contribution in [0.2, 0.25) is 0 Å². The molecular formula is C13H20N2O2. The number of nitrogens with zero attached hydrogens (tertiary/aromatic N) is 1. The van der Waals surface area contributed by atoms with Crippen molar-refractivity contribution < 1.29 is 9.84 Å². The van der Waals surface area contributed by atoms with Gasteiger partial charge in [0.25, 0.3) is 0 Å². The molecule has 2 atom stereocenters. The molecule has 0 saturated carbocycles. The highest BCUT2D eigenvalue weighted by Crippen LogP contribution is 2.30. The van der Waals surface area contributed by atoms with Crippen LogP contribution >= 0.6 is 0 Å². The van der Waals surface area contributed by atoms with Crippen LogP contribution in [0.15, 0.2) is 18.2 Å². The summed E-state index contributed by atoms with van der Waals surface area (Å²) in [5.41, 5.74) is 8.35. The standard InChI is InChI=1S/C13H20N2O2/c1-15(2)13(11(14)8-16)10-3-4-12-9(7-10)5-6-17-12/h3-4,7,11,13,16H,5-6,8,14H2,1-2H3. The Hall–Kier alpha value is -1.10. The first-order valence-corrected chi connectivity index (χ1v) is 5.92. The minimum atomic E-state index is -0.273. The number of nitrogens with two attached hydrogens (primary N) is 1. The third kappa shape index (κ3) is 2.44. The fourth-order valence-electron chi connectivity index (χ4n) is 2.42. The number of likely N-dealkylation sites (N-methyl/N-ethyl adjacent to an activating group) is 1. The average molecular weight is 236 g/mol. The van der Waals surface area contributed by atoms with E-state index in [1.54, 1.807) is 0 Å². The first-order valence-electron chi connectivity index (χ1n) is 5.92. The molecule has 2 unspecified atom stereocenters. The number of ether oxygens (including phenoxy) is 1. The van der Waals surface area contributed by atoms with Crippen molar-refractivity contribution in [2.24, 2.45) is 5.73 Å². The second-order valence-electron chi connectivity index (χ2n) is 4.72. The van der Waals surface area contributed by atoms with E-state index in [0.717, 1.165) is 24.3 Å². The zero-order chi connectivity index (χ0) is 12.4. The molecule has 0 radical (unpaired) electrons. The molecule has 0 aliphatic carbocycles. The summed E-state index contributed by atoms with van der Waals surface area (Å²) in [6, 6.07) is 5.93. The van der Waals surface area contributed by atoms with E-state index in [9.17, 15) is 5.11 Å². The minimum absolute atomic E-state index is 0.0174. The van der Waals surface area contributed by atoms with E-state index in [-0.39, 0.29) is 18.7 Å². The molecular weight excluding hydrogens is 216 g/mol. The van der Waals surface area contributed by atoms with E-state index in [0.29, 0.717) is 0 Å². The van der Waals surface area contributed by atoms with Gasteiger partial charge in [0.2, 0.25) is 0 Å². The van der Waals surface area contributed by atoms with Gasteiger partial charge in [0.1, 0.15) is 5.75 Å². The van der Waals surface area contributed by atoms with E-state index < -0.39 is 0 Å². The second-order valence-corrected chi connectivity index (χ2v) is 4.72. The molecule has 3 N–H and O–H groups in total. The Kier molecular flexibility index (Phi) is 3.66. The molecule has 1 aliphatic rings. The largest absolute Gasteiger partial charge is 0.493 e. The van der Waals surface area contributed by atoms with Crippen molar-refractivity contribution in [3.8, 4) is 5.75 Å². The Bertz CT molecular complexity index is 393. The number of fused-ring (bicyclic) bond motifs is 1. The number of hydrogen-bond acceptors (Lipinski definition) is 4. The molecule has 94 valence electrons. The fourth-order valence-corrected chi connectivity index (χ4v) is 2.42. The van der Waals surface area contributed by atoms with Gasteiger partial charge >= 0.3 is 0 Å². The van der Waals surface area contributed by atoms with Gasteiger partial charge < -0.3 is 20.5 Å². The smallest absolute Gasteiger partial charge is 0.122 e. The van der Waals surface area contributed by atoms with Crippen LogP contribution in [-0.2, 0) is 6.42 Å². The molecule has 1 aliphatic heterocycles. The van der Waals surface area contributed by atoms with Gasteiger partial charge in [-0.05, 0) is 31.3 Å². The number of hydrogen-bond donors (Lipinski definition) is 2. The fraction of sp³-hybridized carbons (Fsp3) is 0.538. The second kappa shape index (κ2) is 5.04. The van der Waals surface area contributed by atoms with Crippen molar-refractivity contribution in [3.05, 3.63) is 29.3 Å². The highest BCUT2D eigenvalue weighted by Gasteiger charge is 2.23. The van der Waals surface area contributed by atoms with E-state index >= 15 is 0 Å². The predicted octanol–water partition coefficient (Wildman–Crippen LogP) is 0.544. The van der Waals surface area contributed by atoms with Crippen LogP contribution < -0.4 is 10.5 Å². The minimum Gasteiger partial charge on any atom is -0.493 e. The van der Waals surface area contributed by atoms with E-state index in [2.05, 4.69) is 6.07 Å². The molecule has 0 fully saturated rings. The quantitative estimate of drug-likeness (QED) is 0.801. The van der Waals surface area contributed by atoms with Gasteiger partial charge in [-0.2, -0.15) is 0 Å². The summed E-state index contributed by atoms with van der Waals surface area (Å²) in [5.74, 6) is 0.976. The van der Waals surface area contributed by atoms with E-state index in [1.807, 2.05) is 31.1 Å². The van der Waals surface area contributed by atoms with Crippen molar-refractivity contribution in [1.29, 1.82) is 0 Å². The van der Waals surface area contributed by atoms with Crippen LogP contribution in [0.25, 0.3) is 0 Å². The van der Waals surface area contributed by atoms with Gasteiger partial charge in [-0.3, -0.25) is 0 Å². The lowest BCUT2D eigenvalue weighted by atomic mass is 9.97. The van der Waals surface area contributed by atoms with Crippen LogP contribution in [0.1, 0.15) is 17.2 Å². The molecule has 1 aromatic rings. The van der Waals surface area contributed by atoms with Gasteiger partial charge in [-0.25, -0.2) is 0 Å². The molecule has 1 aromatic carbocycles. The maximum Gasteiger partial charge on any atom is 0.122 e. The van der Waals surface area contributed by atoms with Crippen LogP contribution in [0.3, 0.4) is 0 Å². The molecule has 0 bridgehead atoms. The lowest BCUT2D eigenvalue weighted by molar-refractivity contribution is 0.181. The van der Waals surface area contributed by atoms with Crippen LogP contribution in [0.5, 0.6) is 5.75 Å². The van der Waals surface area contributed by atoms with E-state index in [4.69, 9.17) is 10.5 Å². The highest BCUT2D eigenvalue weighted by atomic mass is 16.5. The Labute approximate surface area is 102 Å². The molecule has 2 rings (SSSR count). The van der Waals surface area contributed by atoms with Crippen LogP contribution in [-0.4, -0.2) is 43.4 Å². The van der Waals surface area contributed by atoms with E-state index in [1.165, 1.54) is 5.56 Å². The van der Waals surface area contributed by atoms with Crippen molar-refractivity contribution in [3.63, 3.8) is 0 Å². The van der Waals surface area contributed by atoms with Crippen molar-refractivity contribution in [2.45, 2.75) is 18.5 Å². The molecule has 0 spiro atoms. The topological polar surface area (TPSA) is 58.7 Å². The van der Waals surface area contributed by atoms with Gasteiger partial charge in [0, 0.05) is 12.5 Å². The first-order chi connectivity index (χ1) is 8.13. The zero-order valence-electron chi connectivity index (χ0n) is 10.4.